The Morgan fingerprint density at radius 1 is 0.634 bits per heavy atom. The lowest BCUT2D eigenvalue weighted by Gasteiger charge is -2.28. The molecule has 1 aliphatic heterocycles. The van der Waals surface area contributed by atoms with Crippen LogP contribution in [0.2, 0.25) is 0 Å². The van der Waals surface area contributed by atoms with Gasteiger partial charge in [-0.3, -0.25) is 0 Å². The quantitative estimate of drug-likeness (QED) is 0.231. The van der Waals surface area contributed by atoms with Gasteiger partial charge in [-0.2, -0.15) is 0 Å². The molecule has 0 saturated heterocycles. The zero-order valence-corrected chi connectivity index (χ0v) is 22.0. The number of benzene rings is 5. The number of fused-ring (bicyclic) bond motifs is 9. The molecule has 0 radical (unpaired) electrons. The second kappa shape index (κ2) is 8.47. The zero-order valence-electron chi connectivity index (χ0n) is 22.0. The van der Waals surface area contributed by atoms with Crippen molar-refractivity contribution in [1.82, 2.24) is 4.98 Å². The van der Waals surface area contributed by atoms with Crippen molar-refractivity contribution >= 4 is 83.6 Å². The lowest BCUT2D eigenvalue weighted by atomic mass is 9.98. The molecule has 5 nitrogen and oxygen atoms in total. The largest absolute Gasteiger partial charge is 0.440 e. The van der Waals surface area contributed by atoms with E-state index in [1.165, 1.54) is 16.2 Å². The Morgan fingerprint density at radius 3 is 2.32 bits per heavy atom. The summed E-state index contributed by atoms with van der Waals surface area (Å²) in [6, 6.07) is 36.1. The van der Waals surface area contributed by atoms with Crippen LogP contribution >= 0.6 is 0 Å². The smallest absolute Gasteiger partial charge is 0.229 e. The second-order valence-corrected chi connectivity index (χ2v) is 10.4. The highest BCUT2D eigenvalue weighted by molar-refractivity contribution is 6.19. The van der Waals surface area contributed by atoms with Gasteiger partial charge in [-0.05, 0) is 46.5 Å². The summed E-state index contributed by atoms with van der Waals surface area (Å²) in [5.74, 6) is 0.798. The molecule has 8 aromatic rings. The van der Waals surface area contributed by atoms with E-state index in [1.807, 2.05) is 30.5 Å². The SMILES string of the molecule is C1=Cc2c(oc3cccc(N(c4cc5ccccc5c5ccccc45)c4ccnc5oc6ccccc6c45)c23)NC1. The first-order valence-corrected chi connectivity index (χ1v) is 13.8. The van der Waals surface area contributed by atoms with Crippen molar-refractivity contribution in [2.45, 2.75) is 0 Å². The van der Waals surface area contributed by atoms with Gasteiger partial charge < -0.3 is 19.1 Å². The van der Waals surface area contributed by atoms with Crippen LogP contribution in [0.1, 0.15) is 5.56 Å². The fourth-order valence-corrected chi connectivity index (χ4v) is 6.38. The van der Waals surface area contributed by atoms with Crippen LogP contribution < -0.4 is 10.2 Å². The molecule has 3 aromatic heterocycles. The number of anilines is 4. The fourth-order valence-electron chi connectivity index (χ4n) is 6.38. The van der Waals surface area contributed by atoms with Crippen LogP contribution in [-0.2, 0) is 0 Å². The Balaban J connectivity index is 1.47. The van der Waals surface area contributed by atoms with E-state index in [0.29, 0.717) is 5.71 Å². The van der Waals surface area contributed by atoms with Crippen LogP contribution in [0.15, 0.2) is 124 Å². The summed E-state index contributed by atoms with van der Waals surface area (Å²) in [5.41, 5.74) is 6.42. The van der Waals surface area contributed by atoms with Gasteiger partial charge in [-0.1, -0.05) is 84.9 Å². The van der Waals surface area contributed by atoms with Crippen molar-refractivity contribution in [1.29, 1.82) is 0 Å². The molecule has 0 aliphatic carbocycles. The number of rotatable bonds is 3. The number of pyridine rings is 1. The molecule has 9 rings (SSSR count). The van der Waals surface area contributed by atoms with Gasteiger partial charge in [-0.15, -0.1) is 0 Å². The van der Waals surface area contributed by atoms with Gasteiger partial charge in [0.25, 0.3) is 0 Å². The first-order chi connectivity index (χ1) is 20.3. The van der Waals surface area contributed by atoms with Gasteiger partial charge in [0.2, 0.25) is 11.6 Å². The van der Waals surface area contributed by atoms with Crippen molar-refractivity contribution in [2.24, 2.45) is 0 Å². The Labute approximate surface area is 234 Å². The van der Waals surface area contributed by atoms with E-state index in [-0.39, 0.29) is 0 Å². The van der Waals surface area contributed by atoms with Gasteiger partial charge in [0.05, 0.1) is 27.8 Å². The van der Waals surface area contributed by atoms with E-state index >= 15 is 0 Å². The van der Waals surface area contributed by atoms with Crippen LogP contribution in [0.3, 0.4) is 0 Å². The highest BCUT2D eigenvalue weighted by atomic mass is 16.4. The maximum atomic E-state index is 6.33. The normalized spacial score (nSPS) is 12.9. The van der Waals surface area contributed by atoms with E-state index in [2.05, 4.69) is 106 Å². The number of aromatic nitrogens is 1. The average molecular weight is 530 g/mol. The number of nitrogens with zero attached hydrogens (tertiary/aromatic N) is 2. The first kappa shape index (κ1) is 22.3. The van der Waals surface area contributed by atoms with E-state index in [1.54, 1.807) is 0 Å². The zero-order chi connectivity index (χ0) is 26.9. The molecule has 4 heterocycles. The molecule has 5 heteroatoms. The molecule has 0 spiro atoms. The van der Waals surface area contributed by atoms with Gasteiger partial charge in [0.1, 0.15) is 11.2 Å². The van der Waals surface area contributed by atoms with E-state index in [0.717, 1.165) is 67.8 Å². The Hall–Kier alpha value is -5.55. The minimum Gasteiger partial charge on any atom is -0.440 e. The van der Waals surface area contributed by atoms with Crippen LogP contribution in [0.5, 0.6) is 0 Å². The minimum absolute atomic E-state index is 0.613. The van der Waals surface area contributed by atoms with Crippen LogP contribution in [-0.4, -0.2) is 11.5 Å². The Bertz CT molecular complexity index is 2340. The predicted molar refractivity (Wildman–Crippen MR) is 169 cm³/mol. The third-order valence-corrected chi connectivity index (χ3v) is 8.12. The molecule has 0 unspecified atom stereocenters. The molecule has 0 amide bonds. The highest BCUT2D eigenvalue weighted by Crippen LogP contribution is 2.49. The number of hydrogen-bond acceptors (Lipinski definition) is 5. The Morgan fingerprint density at radius 2 is 1.39 bits per heavy atom. The lowest BCUT2D eigenvalue weighted by molar-refractivity contribution is 0.628. The van der Waals surface area contributed by atoms with Crippen molar-refractivity contribution in [3.63, 3.8) is 0 Å². The summed E-state index contributed by atoms with van der Waals surface area (Å²) in [6.45, 7) is 0.743. The molecule has 41 heavy (non-hydrogen) atoms. The maximum absolute atomic E-state index is 6.33. The number of furan rings is 2. The molecule has 1 N–H and O–H groups in total. The van der Waals surface area contributed by atoms with E-state index < -0.39 is 0 Å². The molecule has 0 saturated carbocycles. The predicted octanol–water partition coefficient (Wildman–Crippen LogP) is 9.94. The third-order valence-electron chi connectivity index (χ3n) is 8.12. The summed E-state index contributed by atoms with van der Waals surface area (Å²) in [7, 11) is 0. The Kier molecular flexibility index (Phi) is 4.61. The third kappa shape index (κ3) is 3.20. The van der Waals surface area contributed by atoms with E-state index in [9.17, 15) is 0 Å². The summed E-state index contributed by atoms with van der Waals surface area (Å²) in [6.07, 6.45) is 6.13. The van der Waals surface area contributed by atoms with Crippen molar-refractivity contribution in [2.75, 3.05) is 16.8 Å². The van der Waals surface area contributed by atoms with E-state index in [4.69, 9.17) is 8.83 Å². The minimum atomic E-state index is 0.613. The summed E-state index contributed by atoms with van der Waals surface area (Å²) in [5, 5.41) is 11.2. The topological polar surface area (TPSA) is 54.4 Å². The molecule has 194 valence electrons. The maximum Gasteiger partial charge on any atom is 0.229 e. The molecule has 0 atom stereocenters. The highest BCUT2D eigenvalue weighted by Gasteiger charge is 2.26. The standard InChI is InChI=1S/C36H23N3O2/c1-2-10-23-22(9-1)21-30(25-12-4-3-11-24(23)25)39(28-15-7-17-32-33(28)27-14-8-19-37-35(27)41-32)29-18-20-38-36-34(29)26-13-5-6-16-31(26)40-36/h1-18,20-21,37H,19H2. The monoisotopic (exact) mass is 529 g/mol. The number of hydrogen-bond donors (Lipinski definition) is 1. The van der Waals surface area contributed by atoms with Gasteiger partial charge >= 0.3 is 0 Å². The fraction of sp³-hybridized carbons (Fsp3) is 0.0278. The molecule has 5 aromatic carbocycles. The molecular formula is C36H23N3O2. The number of nitrogens with one attached hydrogen (secondary N) is 1. The van der Waals surface area contributed by atoms with Crippen LogP contribution in [0, 0.1) is 0 Å². The van der Waals surface area contributed by atoms with Gasteiger partial charge in [0.15, 0.2) is 0 Å². The van der Waals surface area contributed by atoms with Crippen molar-refractivity contribution in [3.05, 3.63) is 121 Å². The first-order valence-electron chi connectivity index (χ1n) is 13.8. The second-order valence-electron chi connectivity index (χ2n) is 10.4. The summed E-state index contributed by atoms with van der Waals surface area (Å²) < 4.78 is 12.6. The molecule has 1 aliphatic rings. The molecule has 0 fully saturated rings. The summed E-state index contributed by atoms with van der Waals surface area (Å²) >= 11 is 0. The van der Waals surface area contributed by atoms with Crippen LogP contribution in [0.4, 0.5) is 22.9 Å². The van der Waals surface area contributed by atoms with Gasteiger partial charge in [0, 0.05) is 29.1 Å². The van der Waals surface area contributed by atoms with Crippen LogP contribution in [0.25, 0.3) is 60.7 Å². The average Bonchev–Trinajstić information content (AvgIpc) is 3.60. The summed E-state index contributed by atoms with van der Waals surface area (Å²) in [4.78, 5) is 7.01. The molecule has 0 bridgehead atoms. The van der Waals surface area contributed by atoms with Crippen molar-refractivity contribution in [3.8, 4) is 0 Å². The van der Waals surface area contributed by atoms with Crippen molar-refractivity contribution < 1.29 is 8.83 Å². The number of para-hydroxylation sites is 1. The lowest BCUT2D eigenvalue weighted by Crippen LogP contribution is -2.12. The van der Waals surface area contributed by atoms with Gasteiger partial charge in [-0.25, -0.2) is 4.98 Å². The molecular weight excluding hydrogens is 506 g/mol.